The second kappa shape index (κ2) is 9.83. The minimum Gasteiger partial charge on any atom is -0.295 e. The van der Waals surface area contributed by atoms with Crippen LogP contribution in [0, 0.1) is 69.0 Å². The van der Waals surface area contributed by atoms with Gasteiger partial charge in [-0.15, -0.1) is 0 Å². The van der Waals surface area contributed by atoms with Gasteiger partial charge in [-0.2, -0.15) is 10.2 Å². The van der Waals surface area contributed by atoms with E-state index in [4.69, 9.17) is 10.2 Å². The Kier molecular flexibility index (Phi) is 6.61. The van der Waals surface area contributed by atoms with Gasteiger partial charge in [0.25, 0.3) is 0 Å². The SMILES string of the molecule is C[C@@H]1CC(=O)C=C2CC[C@@H]3[C@@H](CC[C@]4(C)/C(=N\N=C5\CC[C@@H]6[C@H]7CCC8=CC(=O)C[C@H](C)[C@]8(C)[C@@H]7CC[C@]56C)CC[C@H]34)[C@]21C. The molecule has 0 heterocycles. The summed E-state index contributed by atoms with van der Waals surface area (Å²) in [6.45, 7) is 14.8. The van der Waals surface area contributed by atoms with E-state index in [1.807, 2.05) is 12.2 Å². The van der Waals surface area contributed by atoms with Gasteiger partial charge in [0.1, 0.15) is 0 Å². The van der Waals surface area contributed by atoms with E-state index in [1.165, 1.54) is 73.9 Å². The lowest BCUT2D eigenvalue weighted by Gasteiger charge is -2.59. The van der Waals surface area contributed by atoms with Crippen molar-refractivity contribution in [3.05, 3.63) is 23.3 Å². The number of rotatable bonds is 1. The summed E-state index contributed by atoms with van der Waals surface area (Å²) in [6, 6.07) is 0. The number of nitrogens with zero attached hydrogens (tertiary/aromatic N) is 2. The van der Waals surface area contributed by atoms with Crippen LogP contribution >= 0.6 is 0 Å². The maximum atomic E-state index is 12.4. The molecular weight excluding hydrogens is 540 g/mol. The molecule has 0 radical (unpaired) electrons. The number of allylic oxidation sites excluding steroid dienone is 2. The third kappa shape index (κ3) is 3.81. The second-order valence-electron chi connectivity index (χ2n) is 18.0. The lowest BCUT2D eigenvalue weighted by molar-refractivity contribution is -0.120. The minimum atomic E-state index is 0.183. The molecule has 0 N–H and O–H groups in total. The first-order valence-corrected chi connectivity index (χ1v) is 18.5. The molecule has 8 aliphatic rings. The van der Waals surface area contributed by atoms with Gasteiger partial charge in [0.2, 0.25) is 0 Å². The van der Waals surface area contributed by atoms with Crippen LogP contribution in [0.2, 0.25) is 0 Å². The molecule has 12 atom stereocenters. The van der Waals surface area contributed by atoms with Gasteiger partial charge in [-0.3, -0.25) is 9.59 Å². The van der Waals surface area contributed by atoms with Crippen molar-refractivity contribution in [1.29, 1.82) is 0 Å². The summed E-state index contributed by atoms with van der Waals surface area (Å²) in [4.78, 5) is 24.9. The summed E-state index contributed by atoms with van der Waals surface area (Å²) in [5.41, 5.74) is 6.49. The Morgan fingerprint density at radius 1 is 0.568 bits per heavy atom. The molecule has 4 heteroatoms. The van der Waals surface area contributed by atoms with Crippen LogP contribution in [-0.4, -0.2) is 23.0 Å². The highest BCUT2D eigenvalue weighted by atomic mass is 16.1. The van der Waals surface area contributed by atoms with Gasteiger partial charge in [-0.25, -0.2) is 0 Å². The van der Waals surface area contributed by atoms with Crippen molar-refractivity contribution in [3.63, 3.8) is 0 Å². The number of carbonyl (C=O) groups excluding carboxylic acids is 2. The molecule has 8 rings (SSSR count). The molecule has 4 nitrogen and oxygen atoms in total. The fourth-order valence-corrected chi connectivity index (χ4v) is 13.9. The maximum absolute atomic E-state index is 12.4. The third-order valence-electron chi connectivity index (χ3n) is 16.8. The average Bonchev–Trinajstić information content (AvgIpc) is 3.49. The van der Waals surface area contributed by atoms with Crippen molar-refractivity contribution >= 4 is 23.0 Å². The van der Waals surface area contributed by atoms with Crippen molar-refractivity contribution in [1.82, 2.24) is 0 Å². The van der Waals surface area contributed by atoms with E-state index in [-0.39, 0.29) is 21.7 Å². The monoisotopic (exact) mass is 596 g/mol. The van der Waals surface area contributed by atoms with Gasteiger partial charge in [-0.05, 0) is 147 Å². The molecule has 0 unspecified atom stereocenters. The van der Waals surface area contributed by atoms with E-state index in [2.05, 4.69) is 41.5 Å². The number of hydrogen-bond donors (Lipinski definition) is 0. The van der Waals surface area contributed by atoms with Crippen LogP contribution in [0.1, 0.15) is 131 Å². The van der Waals surface area contributed by atoms with Gasteiger partial charge >= 0.3 is 0 Å². The Bertz CT molecular complexity index is 1310. The van der Waals surface area contributed by atoms with Crippen molar-refractivity contribution in [2.75, 3.05) is 0 Å². The topological polar surface area (TPSA) is 58.9 Å². The van der Waals surface area contributed by atoms with Crippen molar-refractivity contribution < 1.29 is 9.59 Å². The van der Waals surface area contributed by atoms with Crippen LogP contribution in [0.4, 0.5) is 0 Å². The zero-order valence-corrected chi connectivity index (χ0v) is 28.4. The summed E-state index contributed by atoms with van der Waals surface area (Å²) in [5.74, 6) is 5.95. The predicted octanol–water partition coefficient (Wildman–Crippen LogP) is 9.34. The second-order valence-corrected chi connectivity index (χ2v) is 18.0. The highest BCUT2D eigenvalue weighted by Crippen LogP contribution is 2.67. The van der Waals surface area contributed by atoms with Gasteiger partial charge in [-0.1, -0.05) is 52.7 Å². The Hall–Kier alpha value is -1.84. The molecule has 6 fully saturated rings. The van der Waals surface area contributed by atoms with Crippen LogP contribution in [0.15, 0.2) is 33.5 Å². The summed E-state index contributed by atoms with van der Waals surface area (Å²) in [5, 5.41) is 10.5. The van der Waals surface area contributed by atoms with Crippen molar-refractivity contribution in [3.8, 4) is 0 Å². The summed E-state index contributed by atoms with van der Waals surface area (Å²) in [6.07, 6.45) is 20.0. The first-order valence-electron chi connectivity index (χ1n) is 18.5. The van der Waals surface area contributed by atoms with Crippen LogP contribution in [-0.2, 0) is 9.59 Å². The van der Waals surface area contributed by atoms with E-state index in [1.54, 1.807) is 0 Å². The molecule has 238 valence electrons. The number of hydrogen-bond acceptors (Lipinski definition) is 4. The lowest BCUT2D eigenvalue weighted by atomic mass is 9.45. The first kappa shape index (κ1) is 29.6. The molecule has 0 amide bonds. The van der Waals surface area contributed by atoms with Crippen LogP contribution in [0.25, 0.3) is 0 Å². The van der Waals surface area contributed by atoms with E-state index >= 15 is 0 Å². The van der Waals surface area contributed by atoms with Crippen LogP contribution < -0.4 is 0 Å². The van der Waals surface area contributed by atoms with Gasteiger partial charge in [0.05, 0.1) is 0 Å². The molecule has 0 saturated heterocycles. The number of ketones is 2. The molecule has 6 saturated carbocycles. The van der Waals surface area contributed by atoms with E-state index in [0.29, 0.717) is 47.1 Å². The largest absolute Gasteiger partial charge is 0.295 e. The molecule has 0 spiro atoms. The van der Waals surface area contributed by atoms with Crippen LogP contribution in [0.5, 0.6) is 0 Å². The lowest BCUT2D eigenvalue weighted by Crippen LogP contribution is -2.53. The molecule has 0 aliphatic heterocycles. The smallest absolute Gasteiger partial charge is 0.155 e. The Morgan fingerprint density at radius 3 is 1.39 bits per heavy atom. The van der Waals surface area contributed by atoms with Crippen LogP contribution in [0.3, 0.4) is 0 Å². The Labute approximate surface area is 266 Å². The molecular formula is C40H56N2O2. The molecule has 0 aromatic carbocycles. The molecule has 0 aromatic heterocycles. The van der Waals surface area contributed by atoms with Gasteiger partial charge in [0.15, 0.2) is 11.6 Å². The summed E-state index contributed by atoms with van der Waals surface area (Å²) >= 11 is 0. The average molecular weight is 597 g/mol. The van der Waals surface area contributed by atoms with Crippen molar-refractivity contribution in [2.45, 2.75) is 131 Å². The molecule has 0 aromatic rings. The molecule has 0 bridgehead atoms. The fraction of sp³-hybridized carbons (Fsp3) is 0.800. The Balaban J connectivity index is 1.03. The van der Waals surface area contributed by atoms with E-state index in [9.17, 15) is 9.59 Å². The van der Waals surface area contributed by atoms with Gasteiger partial charge in [0, 0.05) is 35.1 Å². The molecule has 44 heavy (non-hydrogen) atoms. The highest BCUT2D eigenvalue weighted by molar-refractivity contribution is 5.96. The molecule has 8 aliphatic carbocycles. The third-order valence-corrected chi connectivity index (χ3v) is 16.8. The number of carbonyl (C=O) groups is 2. The maximum Gasteiger partial charge on any atom is 0.155 e. The highest BCUT2D eigenvalue weighted by Gasteiger charge is 2.61. The number of fused-ring (bicyclic) bond motifs is 10. The summed E-state index contributed by atoms with van der Waals surface area (Å²) < 4.78 is 0. The minimum absolute atomic E-state index is 0.183. The zero-order valence-electron chi connectivity index (χ0n) is 28.4. The van der Waals surface area contributed by atoms with E-state index in [0.717, 1.165) is 50.4 Å². The first-order chi connectivity index (χ1) is 20.9. The van der Waals surface area contributed by atoms with E-state index < -0.39 is 0 Å². The zero-order chi connectivity index (χ0) is 30.8. The Morgan fingerprint density at radius 2 is 0.977 bits per heavy atom. The standard InChI is InChI=1S/C40H56N2O2/c1-23-19-27(43)21-25-7-9-29-31-11-13-35(37(31,3)17-15-33(29)39(23,25)5)41-42-36-14-12-32-30-10-8-26-22-28(44)20-24(2)40(26,6)34(30)16-18-38(32,36)4/h21-24,29-34H,7-20H2,1-6H3/b41-35-,42-36-/t23-,24+,29+,30-,31-,32-,33-,34-,37+,38+,39+,40+/m1/s1. The van der Waals surface area contributed by atoms with Crippen molar-refractivity contribution in [2.24, 2.45) is 79.2 Å². The normalized spacial score (nSPS) is 53.2. The predicted molar refractivity (Wildman–Crippen MR) is 177 cm³/mol. The summed E-state index contributed by atoms with van der Waals surface area (Å²) in [7, 11) is 0. The fourth-order valence-electron chi connectivity index (χ4n) is 13.9. The quantitative estimate of drug-likeness (QED) is 0.283. The van der Waals surface area contributed by atoms with Gasteiger partial charge < -0.3 is 0 Å².